The third-order valence-corrected chi connectivity index (χ3v) is 1.18. The molecule has 53 valence electrons. The van der Waals surface area contributed by atoms with E-state index in [1.807, 2.05) is 0 Å². The molecule has 0 bridgehead atoms. The van der Waals surface area contributed by atoms with E-state index < -0.39 is 0 Å². The zero-order valence-corrected chi connectivity index (χ0v) is 5.47. The van der Waals surface area contributed by atoms with Gasteiger partial charge in [-0.15, -0.1) is 0 Å². The van der Waals surface area contributed by atoms with Gasteiger partial charge in [0.2, 0.25) is 0 Å². The average Bonchev–Trinajstić information content (AvgIpc) is 2.34. The van der Waals surface area contributed by atoms with Gasteiger partial charge in [-0.25, -0.2) is 0 Å². The van der Waals surface area contributed by atoms with E-state index in [-0.39, 0.29) is 17.4 Å². The Hall–Kier alpha value is -1.45. The minimum atomic E-state index is -0.355. The molecule has 0 aliphatic heterocycles. The van der Waals surface area contributed by atoms with Gasteiger partial charge in [-0.05, 0) is 6.07 Å². The van der Waals surface area contributed by atoms with E-state index in [4.69, 9.17) is 0 Å². The average molecular weight is 139 g/mol. The molecule has 1 aromatic rings. The lowest BCUT2D eigenvalue weighted by atomic mass is 10.3. The molecule has 0 saturated heterocycles. The summed E-state index contributed by atoms with van der Waals surface area (Å²) in [4.78, 5) is 13.1. The number of nitrogens with one attached hydrogen (secondary N) is 2. The molecule has 1 rings (SSSR count). The molecule has 0 spiro atoms. The van der Waals surface area contributed by atoms with Crippen molar-refractivity contribution in [3.63, 3.8) is 0 Å². The summed E-state index contributed by atoms with van der Waals surface area (Å²) < 4.78 is 0. The highest BCUT2D eigenvalue weighted by Crippen LogP contribution is 2.12. The molecule has 1 aromatic heterocycles. The molecule has 0 unspecified atom stereocenters. The predicted octanol–water partition coefficient (Wildman–Crippen LogP) is 0.518. The SMILES string of the molecule is CNC(=O)c1cc[nH]c1[O]. The van der Waals surface area contributed by atoms with Crippen LogP contribution in [0.1, 0.15) is 10.4 Å². The normalized spacial score (nSPS) is 9.30. The zero-order valence-electron chi connectivity index (χ0n) is 5.47. The number of carbonyl (C=O) groups is 1. The van der Waals surface area contributed by atoms with Crippen LogP contribution in [0.4, 0.5) is 0 Å². The van der Waals surface area contributed by atoms with Gasteiger partial charge < -0.3 is 10.3 Å². The van der Waals surface area contributed by atoms with E-state index in [0.29, 0.717) is 0 Å². The number of H-pyrrole nitrogens is 1. The molecule has 4 nitrogen and oxygen atoms in total. The van der Waals surface area contributed by atoms with Crippen LogP contribution in [0.15, 0.2) is 12.3 Å². The first-order valence-corrected chi connectivity index (χ1v) is 2.82. The molecule has 0 aliphatic carbocycles. The van der Waals surface area contributed by atoms with Crippen molar-refractivity contribution in [2.45, 2.75) is 0 Å². The fourth-order valence-electron chi connectivity index (χ4n) is 0.668. The fourth-order valence-corrected chi connectivity index (χ4v) is 0.668. The van der Waals surface area contributed by atoms with Crippen molar-refractivity contribution in [2.75, 3.05) is 7.05 Å². The smallest absolute Gasteiger partial charge is 0.260 e. The third kappa shape index (κ3) is 0.953. The van der Waals surface area contributed by atoms with Gasteiger partial charge in [-0.2, -0.15) is 0 Å². The number of hydrogen-bond donors (Lipinski definition) is 2. The van der Waals surface area contributed by atoms with E-state index in [0.717, 1.165) is 0 Å². The van der Waals surface area contributed by atoms with Crippen molar-refractivity contribution < 1.29 is 9.90 Å². The second-order valence-electron chi connectivity index (χ2n) is 1.80. The summed E-state index contributed by atoms with van der Waals surface area (Å²) in [7, 11) is 1.48. The van der Waals surface area contributed by atoms with Crippen molar-refractivity contribution in [2.24, 2.45) is 0 Å². The van der Waals surface area contributed by atoms with E-state index in [1.54, 1.807) is 0 Å². The number of carbonyl (C=O) groups excluding carboxylic acids is 1. The van der Waals surface area contributed by atoms with Gasteiger partial charge in [0.15, 0.2) is 0 Å². The van der Waals surface area contributed by atoms with Crippen LogP contribution in [0.25, 0.3) is 0 Å². The van der Waals surface area contributed by atoms with Crippen molar-refractivity contribution in [1.82, 2.24) is 10.3 Å². The quantitative estimate of drug-likeness (QED) is 0.585. The van der Waals surface area contributed by atoms with Gasteiger partial charge in [-0.3, -0.25) is 9.90 Å². The third-order valence-electron chi connectivity index (χ3n) is 1.18. The minimum Gasteiger partial charge on any atom is -0.355 e. The minimum absolute atomic E-state index is 0.155. The van der Waals surface area contributed by atoms with Crippen LogP contribution < -0.4 is 5.32 Å². The van der Waals surface area contributed by atoms with Crippen molar-refractivity contribution in [3.05, 3.63) is 17.8 Å². The Morgan fingerprint density at radius 3 is 2.80 bits per heavy atom. The molecular weight excluding hydrogens is 132 g/mol. The molecule has 10 heavy (non-hydrogen) atoms. The van der Waals surface area contributed by atoms with Gasteiger partial charge in [0, 0.05) is 13.2 Å². The van der Waals surface area contributed by atoms with E-state index in [2.05, 4.69) is 10.3 Å². The highest BCUT2D eigenvalue weighted by Gasteiger charge is 2.10. The number of amides is 1. The van der Waals surface area contributed by atoms with Crippen molar-refractivity contribution >= 4 is 5.91 Å². The van der Waals surface area contributed by atoms with Gasteiger partial charge in [0.25, 0.3) is 11.8 Å². The van der Waals surface area contributed by atoms with Gasteiger partial charge in [-0.1, -0.05) is 0 Å². The van der Waals surface area contributed by atoms with Crippen LogP contribution in [0, 0.1) is 0 Å². The van der Waals surface area contributed by atoms with Crippen molar-refractivity contribution in [1.29, 1.82) is 0 Å². The first-order valence-electron chi connectivity index (χ1n) is 2.82. The van der Waals surface area contributed by atoms with E-state index in [9.17, 15) is 9.90 Å². The topological polar surface area (TPSA) is 64.8 Å². The standard InChI is InChI=1S/C6H7N2O2/c1-7-5(9)4-2-3-8-6(4)10/h2-3,8H,1H3,(H,7,9). The molecule has 1 radical (unpaired) electrons. The zero-order chi connectivity index (χ0) is 7.56. The summed E-state index contributed by atoms with van der Waals surface area (Å²) in [6, 6.07) is 1.45. The Kier molecular flexibility index (Phi) is 1.62. The lowest BCUT2D eigenvalue weighted by molar-refractivity contribution is 0.0958. The van der Waals surface area contributed by atoms with Crippen LogP contribution in [0.3, 0.4) is 0 Å². The van der Waals surface area contributed by atoms with Crippen LogP contribution in [0.2, 0.25) is 0 Å². The van der Waals surface area contributed by atoms with E-state index >= 15 is 0 Å². The van der Waals surface area contributed by atoms with Crippen LogP contribution in [-0.4, -0.2) is 17.9 Å². The summed E-state index contributed by atoms with van der Waals surface area (Å²) in [5.74, 6) is -0.703. The Morgan fingerprint density at radius 1 is 1.70 bits per heavy atom. The maximum absolute atomic E-state index is 10.8. The summed E-state index contributed by atoms with van der Waals surface area (Å²) in [5.41, 5.74) is 0.155. The van der Waals surface area contributed by atoms with E-state index in [1.165, 1.54) is 19.3 Å². The first-order chi connectivity index (χ1) is 4.75. The number of hydrogen-bond acceptors (Lipinski definition) is 1. The second-order valence-corrected chi connectivity index (χ2v) is 1.80. The Balaban J connectivity index is 2.93. The molecule has 0 aliphatic rings. The largest absolute Gasteiger partial charge is 0.355 e. The summed E-state index contributed by atoms with van der Waals surface area (Å²) in [6.45, 7) is 0. The lowest BCUT2D eigenvalue weighted by Crippen LogP contribution is -2.16. The molecule has 1 heterocycles. The lowest BCUT2D eigenvalue weighted by Gasteiger charge is -1.92. The predicted molar refractivity (Wildman–Crippen MR) is 34.3 cm³/mol. The summed E-state index contributed by atoms with van der Waals surface area (Å²) >= 11 is 0. The van der Waals surface area contributed by atoms with Gasteiger partial charge in [0.05, 0.1) is 0 Å². The van der Waals surface area contributed by atoms with Crippen LogP contribution in [0.5, 0.6) is 5.88 Å². The highest BCUT2D eigenvalue weighted by molar-refractivity contribution is 5.96. The maximum Gasteiger partial charge on any atom is 0.260 e. The summed E-state index contributed by atoms with van der Waals surface area (Å²) in [6.07, 6.45) is 1.44. The van der Waals surface area contributed by atoms with Crippen LogP contribution in [-0.2, 0) is 5.11 Å². The fraction of sp³-hybridized carbons (Fsp3) is 0.167. The summed E-state index contributed by atoms with van der Waals surface area (Å²) in [5, 5.41) is 13.1. The Morgan fingerprint density at radius 2 is 2.40 bits per heavy atom. The molecule has 0 saturated carbocycles. The monoisotopic (exact) mass is 139 g/mol. The Labute approximate surface area is 57.9 Å². The molecule has 0 atom stereocenters. The highest BCUT2D eigenvalue weighted by atomic mass is 16.3. The number of aromatic amines is 1. The van der Waals surface area contributed by atoms with Gasteiger partial charge in [0.1, 0.15) is 5.56 Å². The molecule has 1 amide bonds. The number of rotatable bonds is 1. The Bertz CT molecular complexity index is 242. The molecule has 4 heteroatoms. The molecular formula is C6H7N2O2. The van der Waals surface area contributed by atoms with Crippen molar-refractivity contribution in [3.8, 4) is 5.88 Å². The first kappa shape index (κ1) is 6.67. The second kappa shape index (κ2) is 2.43. The molecule has 0 fully saturated rings. The van der Waals surface area contributed by atoms with Gasteiger partial charge >= 0.3 is 0 Å². The van der Waals surface area contributed by atoms with Crippen LogP contribution >= 0.6 is 0 Å². The molecule has 0 aromatic carbocycles. The maximum atomic E-state index is 10.8. The number of aromatic nitrogens is 1. The molecule has 2 N–H and O–H groups in total.